The van der Waals surface area contributed by atoms with E-state index in [1.54, 1.807) is 11.3 Å². The quantitative estimate of drug-likeness (QED) is 0.780. The zero-order chi connectivity index (χ0) is 13.5. The third-order valence-electron chi connectivity index (χ3n) is 3.27. The first-order chi connectivity index (χ1) is 9.33. The van der Waals surface area contributed by atoms with Gasteiger partial charge in [0.05, 0.1) is 12.3 Å². The monoisotopic (exact) mass is 283 g/mol. The van der Waals surface area contributed by atoms with E-state index >= 15 is 0 Å². The minimum Gasteiger partial charge on any atom is -0.368 e. The molecule has 1 atom stereocenters. The number of ether oxygens (including phenoxy) is 1. The summed E-state index contributed by atoms with van der Waals surface area (Å²) >= 11 is 1.73. The molecule has 1 N–H and O–H groups in total. The van der Waals surface area contributed by atoms with Gasteiger partial charge < -0.3 is 10.1 Å². The van der Waals surface area contributed by atoms with E-state index < -0.39 is 0 Å². The zero-order valence-corrected chi connectivity index (χ0v) is 12.8. The number of thiazole rings is 1. The van der Waals surface area contributed by atoms with Crippen LogP contribution in [0.2, 0.25) is 0 Å². The topological polar surface area (TPSA) is 37.4 Å². The van der Waals surface area contributed by atoms with Gasteiger partial charge in [-0.15, -0.1) is 11.3 Å². The molecular weight excluding hydrogens is 258 g/mol. The van der Waals surface area contributed by atoms with Crippen molar-refractivity contribution in [1.29, 1.82) is 0 Å². The van der Waals surface area contributed by atoms with E-state index in [9.17, 15) is 0 Å². The Morgan fingerprint density at radius 1 is 1.47 bits per heavy atom. The van der Waals surface area contributed by atoms with Gasteiger partial charge in [-0.2, -0.15) is 0 Å². The van der Waals surface area contributed by atoms with Gasteiger partial charge >= 0.3 is 0 Å². The van der Waals surface area contributed by atoms with E-state index in [0.29, 0.717) is 0 Å². The molecule has 1 aliphatic heterocycles. The molecule has 0 radical (unpaired) electrons. The normalized spacial score (nSPS) is 20.8. The van der Waals surface area contributed by atoms with Crippen molar-refractivity contribution in [3.63, 3.8) is 0 Å². The summed E-state index contributed by atoms with van der Waals surface area (Å²) in [6.45, 7) is 10.4. The van der Waals surface area contributed by atoms with Gasteiger partial charge in [0, 0.05) is 25.0 Å². The molecule has 0 amide bonds. The van der Waals surface area contributed by atoms with E-state index in [-0.39, 0.29) is 6.10 Å². The van der Waals surface area contributed by atoms with E-state index in [4.69, 9.17) is 9.72 Å². The predicted octanol–water partition coefficient (Wildman–Crippen LogP) is 2.43. The Kier molecular flexibility index (Phi) is 6.23. The summed E-state index contributed by atoms with van der Waals surface area (Å²) in [6, 6.07) is 0. The molecule has 0 saturated carbocycles. The highest BCUT2D eigenvalue weighted by atomic mass is 32.1. The highest BCUT2D eigenvalue weighted by Crippen LogP contribution is 2.25. The molecule has 4 nitrogen and oxygen atoms in total. The van der Waals surface area contributed by atoms with Crippen LogP contribution >= 0.6 is 11.3 Å². The van der Waals surface area contributed by atoms with Crippen LogP contribution in [0, 0.1) is 0 Å². The van der Waals surface area contributed by atoms with Crippen molar-refractivity contribution in [1.82, 2.24) is 15.2 Å². The molecule has 1 saturated heterocycles. The molecule has 1 aliphatic rings. The Morgan fingerprint density at radius 2 is 2.37 bits per heavy atom. The maximum atomic E-state index is 5.87. The van der Waals surface area contributed by atoms with Crippen LogP contribution in [-0.4, -0.2) is 42.7 Å². The molecule has 1 fully saturated rings. The number of hydrogen-bond donors (Lipinski definition) is 1. The molecule has 0 aliphatic carbocycles. The minimum atomic E-state index is 0.172. The second-order valence-electron chi connectivity index (χ2n) is 5.01. The molecule has 1 aromatic rings. The lowest BCUT2D eigenvalue weighted by Crippen LogP contribution is -2.38. The smallest absolute Gasteiger partial charge is 0.123 e. The Labute approximate surface area is 120 Å². The first-order valence-electron chi connectivity index (χ1n) is 7.32. The van der Waals surface area contributed by atoms with E-state index in [0.717, 1.165) is 56.5 Å². The molecule has 5 heteroatoms. The van der Waals surface area contributed by atoms with Crippen molar-refractivity contribution in [2.24, 2.45) is 0 Å². The molecule has 108 valence electrons. The van der Waals surface area contributed by atoms with Crippen molar-refractivity contribution in [3.8, 4) is 0 Å². The molecular formula is C14H25N3OS. The first kappa shape index (κ1) is 14.9. The van der Waals surface area contributed by atoms with Crippen LogP contribution in [-0.2, 0) is 11.3 Å². The first-order valence-corrected chi connectivity index (χ1v) is 8.20. The SMILES string of the molecule is CCCNCc1csc(C2CN(CCC)CCO2)n1. The number of aromatic nitrogens is 1. The van der Waals surface area contributed by atoms with Gasteiger partial charge in [0.2, 0.25) is 0 Å². The van der Waals surface area contributed by atoms with E-state index in [1.807, 2.05) is 0 Å². The van der Waals surface area contributed by atoms with Gasteiger partial charge in [-0.05, 0) is 25.9 Å². The van der Waals surface area contributed by atoms with Crippen molar-refractivity contribution >= 4 is 11.3 Å². The molecule has 1 aromatic heterocycles. The summed E-state index contributed by atoms with van der Waals surface area (Å²) in [4.78, 5) is 7.18. The minimum absolute atomic E-state index is 0.172. The average Bonchev–Trinajstić information content (AvgIpc) is 2.89. The van der Waals surface area contributed by atoms with E-state index in [2.05, 4.69) is 29.4 Å². The van der Waals surface area contributed by atoms with E-state index in [1.165, 1.54) is 6.42 Å². The fourth-order valence-corrected chi connectivity index (χ4v) is 3.17. The highest BCUT2D eigenvalue weighted by molar-refractivity contribution is 7.09. The fraction of sp³-hybridized carbons (Fsp3) is 0.786. The summed E-state index contributed by atoms with van der Waals surface area (Å²) in [7, 11) is 0. The van der Waals surface area contributed by atoms with Crippen LogP contribution in [0.15, 0.2) is 5.38 Å². The largest absolute Gasteiger partial charge is 0.368 e. The number of morpholine rings is 1. The maximum Gasteiger partial charge on any atom is 0.123 e. The van der Waals surface area contributed by atoms with Crippen molar-refractivity contribution in [3.05, 3.63) is 16.1 Å². The molecule has 0 bridgehead atoms. The van der Waals surface area contributed by atoms with Gasteiger partial charge in [0.15, 0.2) is 0 Å². The number of rotatable bonds is 7. The van der Waals surface area contributed by atoms with Crippen LogP contribution < -0.4 is 5.32 Å². The van der Waals surface area contributed by atoms with Crippen molar-refractivity contribution in [2.45, 2.75) is 39.3 Å². The standard InChI is InChI=1S/C14H25N3OS/c1-3-5-15-9-12-11-19-14(16-12)13-10-17(6-4-2)7-8-18-13/h11,13,15H,3-10H2,1-2H3. The summed E-state index contributed by atoms with van der Waals surface area (Å²) in [5.41, 5.74) is 1.14. The van der Waals surface area contributed by atoms with Crippen molar-refractivity contribution in [2.75, 3.05) is 32.8 Å². The predicted molar refractivity (Wildman–Crippen MR) is 79.5 cm³/mol. The Balaban J connectivity index is 1.86. The summed E-state index contributed by atoms with van der Waals surface area (Å²) in [6.07, 6.45) is 2.54. The Morgan fingerprint density at radius 3 is 3.16 bits per heavy atom. The maximum absolute atomic E-state index is 5.87. The Hall–Kier alpha value is -0.490. The van der Waals surface area contributed by atoms with Crippen LogP contribution in [0.1, 0.15) is 43.5 Å². The summed E-state index contributed by atoms with van der Waals surface area (Å²) in [5.74, 6) is 0. The molecule has 19 heavy (non-hydrogen) atoms. The Bertz CT molecular complexity index is 367. The van der Waals surface area contributed by atoms with Gasteiger partial charge in [0.25, 0.3) is 0 Å². The summed E-state index contributed by atoms with van der Waals surface area (Å²) < 4.78 is 5.87. The van der Waals surface area contributed by atoms with Crippen LogP contribution in [0.25, 0.3) is 0 Å². The third kappa shape index (κ3) is 4.53. The second kappa shape index (κ2) is 7.94. The van der Waals surface area contributed by atoms with Crippen LogP contribution in [0.4, 0.5) is 0 Å². The number of nitrogens with zero attached hydrogens (tertiary/aromatic N) is 2. The third-order valence-corrected chi connectivity index (χ3v) is 4.25. The lowest BCUT2D eigenvalue weighted by molar-refractivity contribution is -0.0299. The summed E-state index contributed by atoms with van der Waals surface area (Å²) in [5, 5.41) is 6.68. The molecule has 2 heterocycles. The molecule has 2 rings (SSSR count). The second-order valence-corrected chi connectivity index (χ2v) is 5.90. The van der Waals surface area contributed by atoms with Crippen LogP contribution in [0.3, 0.4) is 0 Å². The van der Waals surface area contributed by atoms with Crippen molar-refractivity contribution < 1.29 is 4.74 Å². The zero-order valence-electron chi connectivity index (χ0n) is 12.0. The molecule has 0 spiro atoms. The van der Waals surface area contributed by atoms with Gasteiger partial charge in [-0.25, -0.2) is 4.98 Å². The molecule has 0 aromatic carbocycles. The van der Waals surface area contributed by atoms with Crippen LogP contribution in [0.5, 0.6) is 0 Å². The number of nitrogens with one attached hydrogen (secondary N) is 1. The fourth-order valence-electron chi connectivity index (χ4n) is 2.32. The highest BCUT2D eigenvalue weighted by Gasteiger charge is 2.23. The van der Waals surface area contributed by atoms with Gasteiger partial charge in [0.1, 0.15) is 11.1 Å². The number of hydrogen-bond acceptors (Lipinski definition) is 5. The van der Waals surface area contributed by atoms with Gasteiger partial charge in [-0.1, -0.05) is 13.8 Å². The van der Waals surface area contributed by atoms with Gasteiger partial charge in [-0.3, -0.25) is 4.90 Å². The lowest BCUT2D eigenvalue weighted by atomic mass is 10.2. The molecule has 1 unspecified atom stereocenters. The lowest BCUT2D eigenvalue weighted by Gasteiger charge is -2.31. The average molecular weight is 283 g/mol.